The topological polar surface area (TPSA) is 80.9 Å². The lowest BCUT2D eigenvalue weighted by Crippen LogP contribution is -2.53. The zero-order valence-electron chi connectivity index (χ0n) is 17.1. The molecule has 1 atom stereocenters. The third-order valence-electron chi connectivity index (χ3n) is 5.49. The second-order valence-corrected chi connectivity index (χ2v) is 8.50. The minimum absolute atomic E-state index is 0.0280. The maximum atomic E-state index is 13.0. The number of aryl methyl sites for hydroxylation is 1. The number of nitrogens with zero attached hydrogens (tertiary/aromatic N) is 4. The van der Waals surface area contributed by atoms with E-state index in [1.807, 2.05) is 46.7 Å². The van der Waals surface area contributed by atoms with Crippen LogP contribution in [-0.4, -0.2) is 66.4 Å². The molecule has 3 aromatic rings. The molecule has 0 aliphatic carbocycles. The fourth-order valence-corrected chi connectivity index (χ4v) is 4.57. The second-order valence-electron chi connectivity index (χ2n) is 7.55. The van der Waals surface area contributed by atoms with Gasteiger partial charge in [-0.15, -0.1) is 11.3 Å². The van der Waals surface area contributed by atoms with Crippen LogP contribution in [0.1, 0.15) is 12.3 Å². The summed E-state index contributed by atoms with van der Waals surface area (Å²) in [6.07, 6.45) is 1.00. The van der Waals surface area contributed by atoms with Crippen LogP contribution in [0.15, 0.2) is 46.3 Å². The van der Waals surface area contributed by atoms with E-state index in [-0.39, 0.29) is 5.91 Å². The van der Waals surface area contributed by atoms with Gasteiger partial charge in [0.1, 0.15) is 5.75 Å². The van der Waals surface area contributed by atoms with Crippen LogP contribution < -0.4 is 9.64 Å². The minimum Gasteiger partial charge on any atom is -0.477 e. The fraction of sp³-hybridized carbons (Fsp3) is 0.409. The molecule has 5 rings (SSSR count). The van der Waals surface area contributed by atoms with Gasteiger partial charge in [0.15, 0.2) is 6.10 Å². The number of rotatable bonds is 6. The molecule has 1 saturated heterocycles. The Kier molecular flexibility index (Phi) is 5.86. The summed E-state index contributed by atoms with van der Waals surface area (Å²) in [6, 6.07) is 11.8. The Morgan fingerprint density at radius 3 is 2.87 bits per heavy atom. The molecule has 1 fully saturated rings. The third-order valence-corrected chi connectivity index (χ3v) is 6.35. The molecule has 31 heavy (non-hydrogen) atoms. The molecule has 1 unspecified atom stereocenters. The molecule has 2 aliphatic heterocycles. The molecule has 0 saturated carbocycles. The number of hydrogen-bond acceptors (Lipinski definition) is 8. The Bertz CT molecular complexity index is 1020. The summed E-state index contributed by atoms with van der Waals surface area (Å²) in [6.45, 7) is 3.68. The molecule has 4 heterocycles. The van der Waals surface area contributed by atoms with Crippen molar-refractivity contribution in [3.63, 3.8) is 0 Å². The number of carbonyl (C=O) groups excluding carboxylic acids is 1. The standard InChI is InChI=1S/C22H24N4O4S/c27-22(25-10-12-28-13-11-25)18-15-26(16-5-1-2-6-17(16)29-18)9-3-8-20-23-21(24-30-20)19-7-4-14-31-19/h1-2,4-7,14,18H,3,8-13,15H2. The largest absolute Gasteiger partial charge is 0.477 e. The van der Waals surface area contributed by atoms with Crippen molar-refractivity contribution in [3.8, 4) is 16.5 Å². The number of para-hydroxylation sites is 2. The Hall–Kier alpha value is -2.91. The second kappa shape index (κ2) is 9.07. The van der Waals surface area contributed by atoms with E-state index in [1.165, 1.54) is 0 Å². The van der Waals surface area contributed by atoms with E-state index in [9.17, 15) is 4.79 Å². The van der Waals surface area contributed by atoms with E-state index in [1.54, 1.807) is 11.3 Å². The van der Waals surface area contributed by atoms with Crippen LogP contribution in [0, 0.1) is 0 Å². The van der Waals surface area contributed by atoms with Crippen LogP contribution >= 0.6 is 11.3 Å². The first-order valence-corrected chi connectivity index (χ1v) is 11.4. The fourth-order valence-electron chi connectivity index (χ4n) is 3.92. The van der Waals surface area contributed by atoms with Gasteiger partial charge in [0.25, 0.3) is 5.91 Å². The number of fused-ring (bicyclic) bond motifs is 1. The summed E-state index contributed by atoms with van der Waals surface area (Å²) >= 11 is 1.59. The van der Waals surface area contributed by atoms with Crippen molar-refractivity contribution in [1.29, 1.82) is 0 Å². The van der Waals surface area contributed by atoms with Gasteiger partial charge in [0.05, 0.1) is 30.3 Å². The predicted octanol–water partition coefficient (Wildman–Crippen LogP) is 2.86. The Morgan fingerprint density at radius 2 is 2.03 bits per heavy atom. The summed E-state index contributed by atoms with van der Waals surface area (Å²) in [7, 11) is 0. The number of carbonyl (C=O) groups is 1. The summed E-state index contributed by atoms with van der Waals surface area (Å²) in [5, 5.41) is 6.07. The average molecular weight is 441 g/mol. The van der Waals surface area contributed by atoms with Gasteiger partial charge in [-0.1, -0.05) is 23.4 Å². The quantitative estimate of drug-likeness (QED) is 0.583. The zero-order valence-corrected chi connectivity index (χ0v) is 17.9. The molecular formula is C22H24N4O4S. The lowest BCUT2D eigenvalue weighted by Gasteiger charge is -2.38. The van der Waals surface area contributed by atoms with Crippen molar-refractivity contribution in [2.75, 3.05) is 44.3 Å². The zero-order chi connectivity index (χ0) is 21.0. The molecule has 1 aromatic carbocycles. The van der Waals surface area contributed by atoms with E-state index in [0.29, 0.717) is 51.0 Å². The molecule has 0 spiro atoms. The van der Waals surface area contributed by atoms with Crippen molar-refractivity contribution in [2.45, 2.75) is 18.9 Å². The third kappa shape index (κ3) is 4.42. The van der Waals surface area contributed by atoms with Crippen LogP contribution in [0.4, 0.5) is 5.69 Å². The Labute approximate surface area is 184 Å². The summed E-state index contributed by atoms with van der Waals surface area (Å²) in [5.41, 5.74) is 1.01. The van der Waals surface area contributed by atoms with Gasteiger partial charge in [0, 0.05) is 26.1 Å². The maximum absolute atomic E-state index is 13.0. The Balaban J connectivity index is 1.24. The van der Waals surface area contributed by atoms with Crippen molar-refractivity contribution in [3.05, 3.63) is 47.7 Å². The maximum Gasteiger partial charge on any atom is 0.265 e. The van der Waals surface area contributed by atoms with Gasteiger partial charge in [-0.2, -0.15) is 4.98 Å². The molecule has 162 valence electrons. The van der Waals surface area contributed by atoms with Crippen LogP contribution in [0.25, 0.3) is 10.7 Å². The van der Waals surface area contributed by atoms with Gasteiger partial charge in [0.2, 0.25) is 11.7 Å². The molecular weight excluding hydrogens is 416 g/mol. The number of benzene rings is 1. The predicted molar refractivity (Wildman–Crippen MR) is 116 cm³/mol. The highest BCUT2D eigenvalue weighted by molar-refractivity contribution is 7.13. The Morgan fingerprint density at radius 1 is 1.16 bits per heavy atom. The lowest BCUT2D eigenvalue weighted by molar-refractivity contribution is -0.142. The van der Waals surface area contributed by atoms with Crippen molar-refractivity contribution in [2.24, 2.45) is 0 Å². The number of hydrogen-bond donors (Lipinski definition) is 0. The number of ether oxygens (including phenoxy) is 2. The summed E-state index contributed by atoms with van der Waals surface area (Å²) in [5.74, 6) is 2.04. The number of thiophene rings is 1. The van der Waals surface area contributed by atoms with Gasteiger partial charge < -0.3 is 23.8 Å². The van der Waals surface area contributed by atoms with E-state index >= 15 is 0 Å². The van der Waals surface area contributed by atoms with Crippen LogP contribution in [0.5, 0.6) is 5.75 Å². The van der Waals surface area contributed by atoms with Crippen LogP contribution in [0.3, 0.4) is 0 Å². The molecule has 0 radical (unpaired) electrons. The number of morpholine rings is 1. The number of amides is 1. The first-order chi connectivity index (χ1) is 15.3. The monoisotopic (exact) mass is 440 g/mol. The van der Waals surface area contributed by atoms with Gasteiger partial charge in [-0.3, -0.25) is 4.79 Å². The molecule has 0 bridgehead atoms. The smallest absolute Gasteiger partial charge is 0.265 e. The average Bonchev–Trinajstić information content (AvgIpc) is 3.51. The van der Waals surface area contributed by atoms with E-state index in [2.05, 4.69) is 15.0 Å². The first-order valence-electron chi connectivity index (χ1n) is 10.5. The number of aromatic nitrogens is 2. The van der Waals surface area contributed by atoms with Crippen LogP contribution in [-0.2, 0) is 16.0 Å². The van der Waals surface area contributed by atoms with E-state index < -0.39 is 6.10 Å². The molecule has 2 aliphatic rings. The molecule has 9 heteroatoms. The molecule has 0 N–H and O–H groups in total. The normalized spacial score (nSPS) is 18.5. The summed E-state index contributed by atoms with van der Waals surface area (Å²) < 4.78 is 16.9. The van der Waals surface area contributed by atoms with Gasteiger partial charge in [-0.25, -0.2) is 0 Å². The van der Waals surface area contributed by atoms with Gasteiger partial charge >= 0.3 is 0 Å². The highest BCUT2D eigenvalue weighted by atomic mass is 32.1. The van der Waals surface area contributed by atoms with Crippen molar-refractivity contribution in [1.82, 2.24) is 15.0 Å². The summed E-state index contributed by atoms with van der Waals surface area (Å²) in [4.78, 5) is 22.6. The lowest BCUT2D eigenvalue weighted by atomic mass is 10.1. The van der Waals surface area contributed by atoms with E-state index in [0.717, 1.165) is 29.3 Å². The first kappa shape index (κ1) is 20.0. The van der Waals surface area contributed by atoms with Gasteiger partial charge in [-0.05, 0) is 30.0 Å². The van der Waals surface area contributed by atoms with Crippen molar-refractivity contribution >= 4 is 22.9 Å². The highest BCUT2D eigenvalue weighted by Crippen LogP contribution is 2.33. The molecule has 1 amide bonds. The molecule has 2 aromatic heterocycles. The van der Waals surface area contributed by atoms with E-state index in [4.69, 9.17) is 14.0 Å². The highest BCUT2D eigenvalue weighted by Gasteiger charge is 2.33. The molecule has 8 nitrogen and oxygen atoms in total. The number of anilines is 1. The SMILES string of the molecule is O=C(C1CN(CCCc2nc(-c3cccs3)no2)c2ccccc2O1)N1CCOCC1. The van der Waals surface area contributed by atoms with Crippen LogP contribution in [0.2, 0.25) is 0 Å². The van der Waals surface area contributed by atoms with Crippen molar-refractivity contribution < 1.29 is 18.8 Å². The minimum atomic E-state index is -0.512.